The molecule has 0 aromatic heterocycles. The molecule has 0 bridgehead atoms. The van der Waals surface area contributed by atoms with Crippen molar-refractivity contribution in [2.45, 2.75) is 13.0 Å². The summed E-state index contributed by atoms with van der Waals surface area (Å²) in [5.74, 6) is -2.77. The number of carboxylic acid groups (broad SMARTS) is 1. The molecule has 1 aliphatic rings. The number of halogens is 1. The van der Waals surface area contributed by atoms with Gasteiger partial charge in [0.15, 0.2) is 0 Å². The van der Waals surface area contributed by atoms with Gasteiger partial charge in [0, 0.05) is 25.7 Å². The number of piperazine rings is 1. The molecule has 9 heteroatoms. The number of carboxylic acids is 1. The predicted octanol–water partition coefficient (Wildman–Crippen LogP) is 0.630. The Kier molecular flexibility index (Phi) is 4.71. The third-order valence-electron chi connectivity index (χ3n) is 3.73. The van der Waals surface area contributed by atoms with Gasteiger partial charge < -0.3 is 10.0 Å². The first-order valence-electron chi connectivity index (χ1n) is 6.90. The molecule has 1 aliphatic heterocycles. The Labute approximate surface area is 133 Å². The van der Waals surface area contributed by atoms with Crippen molar-refractivity contribution in [3.8, 4) is 0 Å². The number of rotatable bonds is 3. The summed E-state index contributed by atoms with van der Waals surface area (Å²) in [5.41, 5.74) is -0.468. The van der Waals surface area contributed by atoms with Crippen molar-refractivity contribution < 1.29 is 27.5 Å². The maximum Gasteiger partial charge on any atom is 0.335 e. The highest BCUT2D eigenvalue weighted by molar-refractivity contribution is 7.88. The maximum atomic E-state index is 14.0. The fraction of sp³-hybridized carbons (Fsp3) is 0.429. The second-order valence-corrected chi connectivity index (χ2v) is 7.41. The van der Waals surface area contributed by atoms with E-state index in [9.17, 15) is 22.4 Å². The van der Waals surface area contributed by atoms with Crippen LogP contribution in [0.25, 0.3) is 0 Å². The minimum absolute atomic E-state index is 0.139. The molecule has 23 heavy (non-hydrogen) atoms. The minimum atomic E-state index is -3.36. The van der Waals surface area contributed by atoms with Crippen LogP contribution in [0.15, 0.2) is 18.2 Å². The van der Waals surface area contributed by atoms with Gasteiger partial charge in [-0.15, -0.1) is 0 Å². The van der Waals surface area contributed by atoms with E-state index in [4.69, 9.17) is 5.11 Å². The molecule has 0 radical (unpaired) electrons. The summed E-state index contributed by atoms with van der Waals surface area (Å²) in [6, 6.07) is 2.68. The quantitative estimate of drug-likeness (QED) is 0.868. The third-order valence-corrected chi connectivity index (χ3v) is 5.12. The lowest BCUT2D eigenvalue weighted by Crippen LogP contribution is -2.55. The van der Waals surface area contributed by atoms with Crippen molar-refractivity contribution in [2.75, 3.05) is 25.9 Å². The second-order valence-electron chi connectivity index (χ2n) is 5.47. The summed E-state index contributed by atoms with van der Waals surface area (Å²) in [6.45, 7) is 2.10. The fourth-order valence-electron chi connectivity index (χ4n) is 2.61. The van der Waals surface area contributed by atoms with Crippen LogP contribution in [0.5, 0.6) is 0 Å². The number of benzene rings is 1. The highest BCUT2D eigenvalue weighted by Gasteiger charge is 2.32. The summed E-state index contributed by atoms with van der Waals surface area (Å²) < 4.78 is 38.5. The number of carbonyl (C=O) groups is 2. The molecule has 1 N–H and O–H groups in total. The highest BCUT2D eigenvalue weighted by atomic mass is 32.2. The van der Waals surface area contributed by atoms with Crippen LogP contribution >= 0.6 is 0 Å². The molecule has 0 unspecified atom stereocenters. The van der Waals surface area contributed by atoms with Gasteiger partial charge >= 0.3 is 5.97 Å². The minimum Gasteiger partial charge on any atom is -0.478 e. The summed E-state index contributed by atoms with van der Waals surface area (Å²) >= 11 is 0. The second kappa shape index (κ2) is 6.25. The summed E-state index contributed by atoms with van der Waals surface area (Å²) in [4.78, 5) is 24.5. The van der Waals surface area contributed by atoms with Crippen LogP contribution in [0.1, 0.15) is 27.6 Å². The lowest BCUT2D eigenvalue weighted by molar-refractivity contribution is 0.0635. The Morgan fingerprint density at radius 2 is 1.96 bits per heavy atom. The summed E-state index contributed by atoms with van der Waals surface area (Å²) in [5, 5.41) is 8.80. The normalized spacial score (nSPS) is 19.6. The Bertz CT molecular complexity index is 750. The molecule has 1 atom stereocenters. The van der Waals surface area contributed by atoms with E-state index in [-0.39, 0.29) is 30.8 Å². The Balaban J connectivity index is 2.18. The SMILES string of the molecule is C[C@H]1CN(C(=O)c2ccc(C(=O)O)cc2F)CCN1S(C)(=O)=O. The fourth-order valence-corrected chi connectivity index (χ4v) is 3.74. The maximum absolute atomic E-state index is 14.0. The first-order valence-corrected chi connectivity index (χ1v) is 8.75. The summed E-state index contributed by atoms with van der Waals surface area (Å²) in [7, 11) is -3.36. The third kappa shape index (κ3) is 3.67. The molecule has 7 nitrogen and oxygen atoms in total. The zero-order valence-corrected chi connectivity index (χ0v) is 13.5. The molecule has 0 aliphatic carbocycles. The number of nitrogens with zero attached hydrogens (tertiary/aromatic N) is 2. The Morgan fingerprint density at radius 1 is 1.30 bits per heavy atom. The van der Waals surface area contributed by atoms with Crippen LogP contribution in [0.4, 0.5) is 4.39 Å². The van der Waals surface area contributed by atoms with Crippen molar-refractivity contribution in [1.82, 2.24) is 9.21 Å². The topological polar surface area (TPSA) is 95.0 Å². The zero-order chi connectivity index (χ0) is 17.4. The standard InChI is InChI=1S/C14H17FN2O5S/c1-9-8-16(5-6-17(9)23(2,21)22)13(18)11-4-3-10(14(19)20)7-12(11)15/h3-4,7,9H,5-6,8H2,1-2H3,(H,19,20)/t9-/m0/s1. The molecule has 1 aromatic carbocycles. The van der Waals surface area contributed by atoms with Crippen LogP contribution in [-0.2, 0) is 10.0 Å². The van der Waals surface area contributed by atoms with Gasteiger partial charge in [0.25, 0.3) is 5.91 Å². The monoisotopic (exact) mass is 344 g/mol. The Morgan fingerprint density at radius 3 is 2.43 bits per heavy atom. The van der Waals surface area contributed by atoms with Crippen molar-refractivity contribution >= 4 is 21.9 Å². The molecule has 0 spiro atoms. The van der Waals surface area contributed by atoms with Crippen LogP contribution in [0, 0.1) is 5.82 Å². The van der Waals surface area contributed by atoms with Gasteiger partial charge in [-0.3, -0.25) is 4.79 Å². The molecular weight excluding hydrogens is 327 g/mol. The largest absolute Gasteiger partial charge is 0.478 e. The number of sulfonamides is 1. The molecule has 1 aromatic rings. The van der Waals surface area contributed by atoms with E-state index in [2.05, 4.69) is 0 Å². The van der Waals surface area contributed by atoms with E-state index in [1.165, 1.54) is 9.21 Å². The average Bonchev–Trinajstić information content (AvgIpc) is 2.44. The zero-order valence-electron chi connectivity index (χ0n) is 12.7. The smallest absolute Gasteiger partial charge is 0.335 e. The predicted molar refractivity (Wildman–Crippen MR) is 80.3 cm³/mol. The summed E-state index contributed by atoms with van der Waals surface area (Å²) in [6.07, 6.45) is 1.10. The van der Waals surface area contributed by atoms with E-state index in [0.29, 0.717) is 0 Å². The van der Waals surface area contributed by atoms with E-state index < -0.39 is 33.8 Å². The van der Waals surface area contributed by atoms with Crippen LogP contribution < -0.4 is 0 Å². The first kappa shape index (κ1) is 17.4. The number of aromatic carboxylic acids is 1. The van der Waals surface area contributed by atoms with Crippen LogP contribution in [0.2, 0.25) is 0 Å². The van der Waals surface area contributed by atoms with E-state index in [1.807, 2.05) is 0 Å². The molecule has 1 saturated heterocycles. The number of hydrogen-bond acceptors (Lipinski definition) is 4. The van der Waals surface area contributed by atoms with Crippen molar-refractivity contribution in [2.24, 2.45) is 0 Å². The lowest BCUT2D eigenvalue weighted by Gasteiger charge is -2.38. The van der Waals surface area contributed by atoms with E-state index in [0.717, 1.165) is 24.5 Å². The van der Waals surface area contributed by atoms with Crippen LogP contribution in [-0.4, -0.2) is 66.5 Å². The number of carbonyl (C=O) groups excluding carboxylic acids is 1. The van der Waals surface area contributed by atoms with Crippen molar-refractivity contribution in [3.05, 3.63) is 35.1 Å². The van der Waals surface area contributed by atoms with Crippen molar-refractivity contribution in [3.63, 3.8) is 0 Å². The van der Waals surface area contributed by atoms with Gasteiger partial charge in [0.2, 0.25) is 10.0 Å². The molecule has 1 heterocycles. The molecule has 0 saturated carbocycles. The van der Waals surface area contributed by atoms with Gasteiger partial charge in [0.1, 0.15) is 5.82 Å². The van der Waals surface area contributed by atoms with Crippen molar-refractivity contribution in [1.29, 1.82) is 0 Å². The molecule has 2 rings (SSSR count). The van der Waals surface area contributed by atoms with E-state index in [1.54, 1.807) is 6.92 Å². The lowest BCUT2D eigenvalue weighted by atomic mass is 10.1. The highest BCUT2D eigenvalue weighted by Crippen LogP contribution is 2.18. The van der Waals surface area contributed by atoms with Gasteiger partial charge in [-0.05, 0) is 25.1 Å². The van der Waals surface area contributed by atoms with Gasteiger partial charge in [-0.2, -0.15) is 4.31 Å². The molecule has 1 amide bonds. The van der Waals surface area contributed by atoms with E-state index >= 15 is 0 Å². The first-order chi connectivity index (χ1) is 10.6. The van der Waals surface area contributed by atoms with Crippen LogP contribution in [0.3, 0.4) is 0 Å². The molecule has 1 fully saturated rings. The molecular formula is C14H17FN2O5S. The molecule has 126 valence electrons. The van der Waals surface area contributed by atoms with Gasteiger partial charge in [-0.1, -0.05) is 0 Å². The van der Waals surface area contributed by atoms with Gasteiger partial charge in [0.05, 0.1) is 17.4 Å². The Hall–Kier alpha value is -2.00. The van der Waals surface area contributed by atoms with Gasteiger partial charge in [-0.25, -0.2) is 17.6 Å². The number of amides is 1. The number of hydrogen-bond donors (Lipinski definition) is 1. The average molecular weight is 344 g/mol.